The Morgan fingerprint density at radius 2 is 1.57 bits per heavy atom. The highest BCUT2D eigenvalue weighted by Gasteiger charge is 2.60. The quantitative estimate of drug-likeness (QED) is 0.375. The van der Waals surface area contributed by atoms with Crippen LogP contribution in [-0.2, 0) is 15.1 Å². The molecule has 4 rings (SSSR count). The summed E-state index contributed by atoms with van der Waals surface area (Å²) in [4.78, 5) is 39.8. The van der Waals surface area contributed by atoms with E-state index >= 15 is 0 Å². The van der Waals surface area contributed by atoms with Gasteiger partial charge in [0.2, 0.25) is 0 Å². The van der Waals surface area contributed by atoms with E-state index in [1.807, 2.05) is 0 Å². The molecule has 5 amide bonds. The van der Waals surface area contributed by atoms with Crippen LogP contribution in [0.3, 0.4) is 0 Å². The van der Waals surface area contributed by atoms with Crippen LogP contribution in [0.25, 0.3) is 0 Å². The van der Waals surface area contributed by atoms with Crippen molar-refractivity contribution in [1.82, 2.24) is 19.4 Å². The van der Waals surface area contributed by atoms with Crippen molar-refractivity contribution in [2.45, 2.75) is 18.5 Å². The van der Waals surface area contributed by atoms with E-state index in [4.69, 9.17) is 4.55 Å². The molecule has 0 aliphatic carbocycles. The first-order valence-electron chi connectivity index (χ1n) is 9.51. The zero-order chi connectivity index (χ0) is 21.5. The van der Waals surface area contributed by atoms with Gasteiger partial charge in [-0.3, -0.25) is 9.35 Å². The molecule has 0 spiro atoms. The van der Waals surface area contributed by atoms with Gasteiger partial charge in [0.15, 0.2) is 0 Å². The largest absolute Gasteiger partial charge is 0.362 e. The van der Waals surface area contributed by atoms with Crippen molar-refractivity contribution in [2.75, 3.05) is 43.4 Å². The summed E-state index contributed by atoms with van der Waals surface area (Å²) < 4.78 is 32.0. The van der Waals surface area contributed by atoms with E-state index in [1.54, 1.807) is 29.2 Å². The van der Waals surface area contributed by atoms with E-state index in [9.17, 15) is 22.8 Å². The standard InChI is InChI=1S/C17H22N6O6S/c24-15-14-13(23(15)30(27,28)29)5-8-22(14)17(26)20-12-3-1-11(2-4-12)19-16(25)21-9-6-18-7-10-21/h1-4,13-14,18H,5-10H2,(H,19,25)(H,20,26)(H,27,28,29)/t13-,14+/m1/s1. The number of carbonyl (C=O) groups excluding carboxylic acids is 3. The summed E-state index contributed by atoms with van der Waals surface area (Å²) >= 11 is 0. The number of piperazine rings is 1. The van der Waals surface area contributed by atoms with Gasteiger partial charge in [-0.15, -0.1) is 0 Å². The van der Waals surface area contributed by atoms with Crippen molar-refractivity contribution in [3.63, 3.8) is 0 Å². The Bertz CT molecular complexity index is 961. The van der Waals surface area contributed by atoms with Crippen LogP contribution in [-0.4, -0.2) is 89.9 Å². The number of likely N-dealkylation sites (tertiary alicyclic amines) is 1. The van der Waals surface area contributed by atoms with Gasteiger partial charge >= 0.3 is 22.4 Å². The lowest BCUT2D eigenvalue weighted by Gasteiger charge is -2.42. The van der Waals surface area contributed by atoms with Crippen LogP contribution < -0.4 is 16.0 Å². The summed E-state index contributed by atoms with van der Waals surface area (Å²) in [7, 11) is -4.62. The molecule has 3 saturated heterocycles. The van der Waals surface area contributed by atoms with Crippen molar-refractivity contribution in [2.24, 2.45) is 0 Å². The van der Waals surface area contributed by atoms with Crippen LogP contribution in [0.5, 0.6) is 0 Å². The molecule has 0 unspecified atom stereocenters. The summed E-state index contributed by atoms with van der Waals surface area (Å²) in [5.41, 5.74) is 1.04. The third-order valence-electron chi connectivity index (χ3n) is 5.44. The van der Waals surface area contributed by atoms with Crippen molar-refractivity contribution in [3.05, 3.63) is 24.3 Å². The number of fused-ring (bicyclic) bond motifs is 1. The predicted molar refractivity (Wildman–Crippen MR) is 106 cm³/mol. The minimum Gasteiger partial charge on any atom is -0.322 e. The molecule has 3 fully saturated rings. The number of rotatable bonds is 3. The van der Waals surface area contributed by atoms with E-state index in [-0.39, 0.29) is 19.0 Å². The molecule has 12 nitrogen and oxygen atoms in total. The van der Waals surface area contributed by atoms with Crippen molar-refractivity contribution in [3.8, 4) is 0 Å². The number of anilines is 2. The van der Waals surface area contributed by atoms with E-state index in [2.05, 4.69) is 16.0 Å². The molecule has 3 aliphatic rings. The Hall–Kier alpha value is -2.90. The second-order valence-electron chi connectivity index (χ2n) is 7.28. The van der Waals surface area contributed by atoms with Gasteiger partial charge < -0.3 is 25.8 Å². The first-order chi connectivity index (χ1) is 14.3. The van der Waals surface area contributed by atoms with Gasteiger partial charge in [-0.1, -0.05) is 0 Å². The number of nitrogens with one attached hydrogen (secondary N) is 3. The van der Waals surface area contributed by atoms with E-state index in [1.165, 1.54) is 4.90 Å². The second kappa shape index (κ2) is 7.74. The normalized spacial score (nSPS) is 23.6. The van der Waals surface area contributed by atoms with Gasteiger partial charge in [0, 0.05) is 44.1 Å². The Kier molecular flexibility index (Phi) is 5.26. The highest BCUT2D eigenvalue weighted by molar-refractivity contribution is 7.84. The zero-order valence-corrected chi connectivity index (χ0v) is 16.8. The number of urea groups is 2. The Morgan fingerprint density at radius 3 is 2.13 bits per heavy atom. The minimum atomic E-state index is -4.62. The molecular formula is C17H22N6O6S. The number of amides is 5. The van der Waals surface area contributed by atoms with Crippen molar-refractivity contribution in [1.29, 1.82) is 0 Å². The monoisotopic (exact) mass is 438 g/mol. The fraction of sp³-hybridized carbons (Fsp3) is 0.471. The average Bonchev–Trinajstić information content (AvgIpc) is 3.08. The lowest BCUT2D eigenvalue weighted by Crippen LogP contribution is -2.68. The predicted octanol–water partition coefficient (Wildman–Crippen LogP) is -0.256. The van der Waals surface area contributed by atoms with Crippen LogP contribution >= 0.6 is 0 Å². The fourth-order valence-electron chi connectivity index (χ4n) is 3.95. The zero-order valence-electron chi connectivity index (χ0n) is 15.9. The molecule has 0 aromatic heterocycles. The average molecular weight is 438 g/mol. The number of hydrogen-bond acceptors (Lipinski definition) is 6. The fourth-order valence-corrected chi connectivity index (χ4v) is 4.84. The lowest BCUT2D eigenvalue weighted by molar-refractivity contribution is -0.143. The maximum absolute atomic E-state index is 12.5. The number of hydrogen-bond donors (Lipinski definition) is 4. The summed E-state index contributed by atoms with van der Waals surface area (Å²) in [5.74, 6) is -0.818. The van der Waals surface area contributed by atoms with Crippen LogP contribution in [0.2, 0.25) is 0 Å². The van der Waals surface area contributed by atoms with E-state index < -0.39 is 34.3 Å². The smallest absolute Gasteiger partial charge is 0.322 e. The molecular weight excluding hydrogens is 416 g/mol. The van der Waals surface area contributed by atoms with Crippen molar-refractivity contribution < 1.29 is 27.4 Å². The number of β-lactam (4-membered cyclic amide) rings is 1. The topological polar surface area (TPSA) is 151 Å². The van der Waals surface area contributed by atoms with Gasteiger partial charge in [-0.05, 0) is 30.7 Å². The molecule has 0 radical (unpaired) electrons. The third-order valence-corrected chi connectivity index (χ3v) is 6.39. The van der Waals surface area contributed by atoms with Crippen molar-refractivity contribution >= 4 is 39.6 Å². The Labute approximate surface area is 173 Å². The summed E-state index contributed by atoms with van der Waals surface area (Å²) in [6.45, 7) is 2.96. The molecule has 3 heterocycles. The summed E-state index contributed by atoms with van der Waals surface area (Å²) in [6, 6.07) is 4.17. The SMILES string of the molecule is O=C(Nc1ccc(NC(=O)N2CC[C@@H]3[C@H]2C(=O)N3S(=O)(=O)O)cc1)N1CCNCC1. The number of nitrogens with zero attached hydrogens (tertiary/aromatic N) is 3. The number of benzene rings is 1. The molecule has 4 N–H and O–H groups in total. The highest BCUT2D eigenvalue weighted by atomic mass is 32.2. The van der Waals surface area contributed by atoms with Gasteiger partial charge in [-0.2, -0.15) is 8.42 Å². The Morgan fingerprint density at radius 1 is 1.00 bits per heavy atom. The molecule has 162 valence electrons. The molecule has 13 heteroatoms. The molecule has 2 atom stereocenters. The summed E-state index contributed by atoms with van der Waals surface area (Å²) in [5, 5.41) is 8.63. The molecule has 30 heavy (non-hydrogen) atoms. The Balaban J connectivity index is 1.33. The lowest BCUT2D eigenvalue weighted by atomic mass is 10.0. The van der Waals surface area contributed by atoms with Crippen LogP contribution in [0.4, 0.5) is 21.0 Å². The van der Waals surface area contributed by atoms with Gasteiger partial charge in [0.25, 0.3) is 5.91 Å². The van der Waals surface area contributed by atoms with Gasteiger partial charge in [0.05, 0.1) is 6.04 Å². The second-order valence-corrected chi connectivity index (χ2v) is 8.57. The first kappa shape index (κ1) is 20.4. The van der Waals surface area contributed by atoms with Crippen LogP contribution in [0.15, 0.2) is 24.3 Å². The van der Waals surface area contributed by atoms with Gasteiger partial charge in [-0.25, -0.2) is 13.9 Å². The minimum absolute atomic E-state index is 0.191. The maximum Gasteiger partial charge on any atom is 0.362 e. The molecule has 0 saturated carbocycles. The first-order valence-corrected chi connectivity index (χ1v) is 10.9. The van der Waals surface area contributed by atoms with Crippen LogP contribution in [0.1, 0.15) is 6.42 Å². The molecule has 3 aliphatic heterocycles. The molecule has 1 aromatic rings. The summed E-state index contributed by atoms with van der Waals surface area (Å²) in [6.07, 6.45) is 0.264. The van der Waals surface area contributed by atoms with Gasteiger partial charge in [0.1, 0.15) is 6.04 Å². The van der Waals surface area contributed by atoms with E-state index in [0.717, 1.165) is 13.1 Å². The number of carbonyl (C=O) groups is 3. The molecule has 1 aromatic carbocycles. The third kappa shape index (κ3) is 3.78. The highest BCUT2D eigenvalue weighted by Crippen LogP contribution is 2.35. The van der Waals surface area contributed by atoms with Crippen LogP contribution in [0, 0.1) is 0 Å². The van der Waals surface area contributed by atoms with E-state index in [0.29, 0.717) is 28.8 Å². The molecule has 0 bridgehead atoms. The maximum atomic E-state index is 12.5.